The molecule has 1 aromatic rings. The Morgan fingerprint density at radius 1 is 1.23 bits per heavy atom. The Morgan fingerprint density at radius 2 is 1.82 bits per heavy atom. The Kier molecular flexibility index (Phi) is 4.78. The molecular formula is C13H17F3N2O3S. The molecular weight excluding hydrogens is 321 g/mol. The fourth-order valence-corrected chi connectivity index (χ4v) is 3.70. The van der Waals surface area contributed by atoms with Gasteiger partial charge in [0.1, 0.15) is 10.6 Å². The second kappa shape index (κ2) is 6.13. The Bertz CT molecular complexity index is 606. The minimum Gasteiger partial charge on any atom is -0.375 e. The normalized spacial score (nSPS) is 26.9. The van der Waals surface area contributed by atoms with Crippen molar-refractivity contribution in [1.82, 2.24) is 9.71 Å². The third-order valence-electron chi connectivity index (χ3n) is 3.36. The third kappa shape index (κ3) is 4.17. The highest BCUT2D eigenvalue weighted by molar-refractivity contribution is 7.89. The van der Waals surface area contributed by atoms with Crippen LogP contribution in [0.1, 0.15) is 32.4 Å². The number of aromatic nitrogens is 1. The van der Waals surface area contributed by atoms with E-state index in [2.05, 4.69) is 9.71 Å². The summed E-state index contributed by atoms with van der Waals surface area (Å²) < 4.78 is 69.7. The summed E-state index contributed by atoms with van der Waals surface area (Å²) in [5.74, 6) is 0. The van der Waals surface area contributed by atoms with Crippen molar-refractivity contribution in [3.05, 3.63) is 24.0 Å². The lowest BCUT2D eigenvalue weighted by molar-refractivity contribution is -0.141. The highest BCUT2D eigenvalue weighted by Crippen LogP contribution is 2.28. The number of hydrogen-bond donors (Lipinski definition) is 1. The number of hydrogen-bond acceptors (Lipinski definition) is 4. The Morgan fingerprint density at radius 3 is 2.27 bits per heavy atom. The van der Waals surface area contributed by atoms with E-state index in [1.165, 1.54) is 0 Å². The molecule has 0 aliphatic carbocycles. The molecule has 0 bridgehead atoms. The number of nitrogens with one attached hydrogen (secondary N) is 1. The quantitative estimate of drug-likeness (QED) is 0.918. The number of sulfonamides is 1. The van der Waals surface area contributed by atoms with Crippen LogP contribution in [0.4, 0.5) is 13.2 Å². The van der Waals surface area contributed by atoms with Gasteiger partial charge in [0, 0.05) is 12.2 Å². The summed E-state index contributed by atoms with van der Waals surface area (Å²) >= 11 is 0. The van der Waals surface area contributed by atoms with Crippen LogP contribution in [-0.2, 0) is 20.9 Å². The van der Waals surface area contributed by atoms with Gasteiger partial charge in [-0.25, -0.2) is 13.1 Å². The lowest BCUT2D eigenvalue weighted by Gasteiger charge is -2.32. The smallest absolute Gasteiger partial charge is 0.375 e. The van der Waals surface area contributed by atoms with Crippen LogP contribution in [0.15, 0.2) is 23.2 Å². The van der Waals surface area contributed by atoms with Gasteiger partial charge >= 0.3 is 6.18 Å². The van der Waals surface area contributed by atoms with Crippen molar-refractivity contribution >= 4 is 10.0 Å². The predicted octanol–water partition coefficient (Wildman–Crippen LogP) is 2.33. The molecule has 0 aromatic carbocycles. The molecule has 1 aliphatic rings. The predicted molar refractivity (Wildman–Crippen MR) is 72.6 cm³/mol. The summed E-state index contributed by atoms with van der Waals surface area (Å²) in [6, 6.07) is 1.25. The van der Waals surface area contributed by atoms with Gasteiger partial charge in [-0.15, -0.1) is 0 Å². The molecule has 2 rings (SSSR count). The van der Waals surface area contributed by atoms with Crippen molar-refractivity contribution in [1.29, 1.82) is 0 Å². The molecule has 9 heteroatoms. The largest absolute Gasteiger partial charge is 0.433 e. The van der Waals surface area contributed by atoms with Crippen molar-refractivity contribution in [3.63, 3.8) is 0 Å². The van der Waals surface area contributed by atoms with Gasteiger partial charge in [0.15, 0.2) is 0 Å². The van der Waals surface area contributed by atoms with Gasteiger partial charge in [-0.2, -0.15) is 13.2 Å². The van der Waals surface area contributed by atoms with Gasteiger partial charge in [-0.1, -0.05) is 0 Å². The second-order valence-corrected chi connectivity index (χ2v) is 7.14. The molecule has 2 atom stereocenters. The third-order valence-corrected chi connectivity index (χ3v) is 4.86. The molecule has 2 heterocycles. The first-order valence-electron chi connectivity index (χ1n) is 6.79. The highest BCUT2D eigenvalue weighted by atomic mass is 32.2. The first-order valence-corrected chi connectivity index (χ1v) is 8.27. The van der Waals surface area contributed by atoms with Crippen LogP contribution in [0, 0.1) is 0 Å². The average Bonchev–Trinajstić information content (AvgIpc) is 2.36. The standard InChI is InChI=1S/C13H17F3N2O3S/c1-8-5-10(6-9(2)21-8)18-22(19,20)11-3-4-12(17-7-11)13(14,15)16/h3-4,7-10,18H,5-6H2,1-2H3/t8-,9-/m0/s1. The summed E-state index contributed by atoms with van der Waals surface area (Å²) in [6.07, 6.45) is -3.02. The summed E-state index contributed by atoms with van der Waals surface area (Å²) in [5.41, 5.74) is -1.13. The Balaban J connectivity index is 2.13. The monoisotopic (exact) mass is 338 g/mol. The lowest BCUT2D eigenvalue weighted by atomic mass is 10.0. The molecule has 0 saturated carbocycles. The summed E-state index contributed by atoms with van der Waals surface area (Å²) in [6.45, 7) is 3.69. The zero-order chi connectivity index (χ0) is 16.5. The molecule has 1 saturated heterocycles. The number of ether oxygens (including phenoxy) is 1. The fourth-order valence-electron chi connectivity index (χ4n) is 2.50. The minimum atomic E-state index is -4.60. The minimum absolute atomic E-state index is 0.0813. The van der Waals surface area contributed by atoms with E-state index in [1.807, 2.05) is 13.8 Å². The van der Waals surface area contributed by atoms with Gasteiger partial charge in [-0.05, 0) is 38.8 Å². The van der Waals surface area contributed by atoms with Crippen LogP contribution in [0.25, 0.3) is 0 Å². The van der Waals surface area contributed by atoms with Crippen molar-refractivity contribution in [3.8, 4) is 0 Å². The molecule has 1 fully saturated rings. The molecule has 0 radical (unpaired) electrons. The van der Waals surface area contributed by atoms with Gasteiger partial charge in [0.2, 0.25) is 10.0 Å². The summed E-state index contributed by atoms with van der Waals surface area (Å²) in [5, 5.41) is 0. The van der Waals surface area contributed by atoms with Crippen LogP contribution in [0.2, 0.25) is 0 Å². The van der Waals surface area contributed by atoms with E-state index < -0.39 is 21.9 Å². The number of nitrogens with zero attached hydrogens (tertiary/aromatic N) is 1. The first-order chi connectivity index (χ1) is 10.1. The van der Waals surface area contributed by atoms with E-state index in [0.29, 0.717) is 18.9 Å². The van der Waals surface area contributed by atoms with E-state index in [-0.39, 0.29) is 23.1 Å². The van der Waals surface area contributed by atoms with Crippen LogP contribution in [0.3, 0.4) is 0 Å². The van der Waals surface area contributed by atoms with Crippen molar-refractivity contribution in [2.75, 3.05) is 0 Å². The van der Waals surface area contributed by atoms with Gasteiger partial charge in [-0.3, -0.25) is 4.98 Å². The zero-order valence-corrected chi connectivity index (χ0v) is 12.9. The maximum atomic E-state index is 12.4. The molecule has 1 aromatic heterocycles. The van der Waals surface area contributed by atoms with E-state index in [9.17, 15) is 21.6 Å². The van der Waals surface area contributed by atoms with E-state index in [1.54, 1.807) is 0 Å². The molecule has 124 valence electrons. The van der Waals surface area contributed by atoms with Crippen LogP contribution in [-0.4, -0.2) is 31.7 Å². The van der Waals surface area contributed by atoms with Crippen LogP contribution >= 0.6 is 0 Å². The van der Waals surface area contributed by atoms with Crippen molar-refractivity contribution in [2.24, 2.45) is 0 Å². The number of halogens is 3. The average molecular weight is 338 g/mol. The molecule has 1 aliphatic heterocycles. The van der Waals surface area contributed by atoms with Crippen molar-refractivity contribution < 1.29 is 26.3 Å². The van der Waals surface area contributed by atoms with E-state index in [4.69, 9.17) is 4.74 Å². The fraction of sp³-hybridized carbons (Fsp3) is 0.615. The van der Waals surface area contributed by atoms with Gasteiger partial charge in [0.25, 0.3) is 0 Å². The number of pyridine rings is 1. The summed E-state index contributed by atoms with van der Waals surface area (Å²) in [4.78, 5) is 2.89. The molecule has 0 amide bonds. The van der Waals surface area contributed by atoms with Crippen LogP contribution in [0.5, 0.6) is 0 Å². The highest BCUT2D eigenvalue weighted by Gasteiger charge is 2.33. The number of alkyl halides is 3. The molecule has 5 nitrogen and oxygen atoms in total. The maximum absolute atomic E-state index is 12.4. The van der Waals surface area contributed by atoms with E-state index >= 15 is 0 Å². The maximum Gasteiger partial charge on any atom is 0.433 e. The lowest BCUT2D eigenvalue weighted by Crippen LogP contribution is -2.43. The second-order valence-electron chi connectivity index (χ2n) is 5.42. The Labute approximate surface area is 126 Å². The molecule has 0 unspecified atom stereocenters. The van der Waals surface area contributed by atoms with E-state index in [0.717, 1.165) is 12.3 Å². The number of rotatable bonds is 3. The first kappa shape index (κ1) is 17.2. The summed E-state index contributed by atoms with van der Waals surface area (Å²) in [7, 11) is -3.90. The zero-order valence-electron chi connectivity index (χ0n) is 12.1. The topological polar surface area (TPSA) is 68.3 Å². The Hall–Kier alpha value is -1.19. The van der Waals surface area contributed by atoms with Gasteiger partial charge in [0.05, 0.1) is 12.2 Å². The van der Waals surface area contributed by atoms with Crippen molar-refractivity contribution in [2.45, 2.75) is 56.0 Å². The molecule has 0 spiro atoms. The van der Waals surface area contributed by atoms with Crippen LogP contribution < -0.4 is 4.72 Å². The molecule has 1 N–H and O–H groups in total. The molecule has 22 heavy (non-hydrogen) atoms. The SMILES string of the molecule is C[C@H]1CC(NS(=O)(=O)c2ccc(C(F)(F)F)nc2)C[C@H](C)O1. The van der Waals surface area contributed by atoms with Gasteiger partial charge < -0.3 is 4.74 Å².